The maximum absolute atomic E-state index is 12.7. The molecule has 2 N–H and O–H groups in total. The van der Waals surface area contributed by atoms with Crippen LogP contribution in [-0.2, 0) is 9.59 Å². The van der Waals surface area contributed by atoms with E-state index in [-0.39, 0.29) is 4.32 Å². The summed E-state index contributed by atoms with van der Waals surface area (Å²) < 4.78 is 5.35. The highest BCUT2D eigenvalue weighted by molar-refractivity contribution is 8.26. The highest BCUT2D eigenvalue weighted by atomic mass is 32.2. The van der Waals surface area contributed by atoms with E-state index in [0.717, 1.165) is 22.3 Å². The minimum Gasteiger partial charge on any atom is -0.482 e. The number of carboxylic acids is 1. The van der Waals surface area contributed by atoms with Gasteiger partial charge in [-0.1, -0.05) is 42.1 Å². The van der Waals surface area contributed by atoms with Gasteiger partial charge in [0.25, 0.3) is 11.8 Å². The van der Waals surface area contributed by atoms with Crippen molar-refractivity contribution < 1.29 is 24.2 Å². The average molecular weight is 428 g/mol. The highest BCUT2D eigenvalue weighted by Gasteiger charge is 2.34. The van der Waals surface area contributed by atoms with Gasteiger partial charge in [-0.15, -0.1) is 0 Å². The standard InChI is InChI=1S/C20H16N2O5S2/c1-12-5-2-3-8-15(12)18(25)21-22-19(26)16(29-20(22)28)10-13-6-4-7-14(9-13)27-11-17(23)24/h2-10H,11H2,1H3,(H,21,25)(H,23,24)/b16-10+. The van der Waals surface area contributed by atoms with Crippen LogP contribution in [0.3, 0.4) is 0 Å². The Kier molecular flexibility index (Phi) is 6.30. The summed E-state index contributed by atoms with van der Waals surface area (Å²) in [5.74, 6) is -1.59. The van der Waals surface area contributed by atoms with Gasteiger partial charge in [-0.2, -0.15) is 5.01 Å². The lowest BCUT2D eigenvalue weighted by molar-refractivity contribution is -0.139. The van der Waals surface area contributed by atoms with Gasteiger partial charge in [0, 0.05) is 5.56 Å². The molecular weight excluding hydrogens is 412 g/mol. The second-order valence-electron chi connectivity index (χ2n) is 6.03. The third kappa shape index (κ3) is 5.01. The van der Waals surface area contributed by atoms with Crippen LogP contribution in [0.5, 0.6) is 5.75 Å². The fourth-order valence-corrected chi connectivity index (χ4v) is 3.72. The zero-order valence-corrected chi connectivity index (χ0v) is 16.9. The Morgan fingerprint density at radius 1 is 1.24 bits per heavy atom. The molecule has 0 spiro atoms. The Morgan fingerprint density at radius 3 is 2.72 bits per heavy atom. The third-order valence-electron chi connectivity index (χ3n) is 3.91. The van der Waals surface area contributed by atoms with Gasteiger partial charge in [0.1, 0.15) is 5.75 Å². The van der Waals surface area contributed by atoms with Crippen molar-refractivity contribution in [2.75, 3.05) is 6.61 Å². The number of carbonyl (C=O) groups excluding carboxylic acids is 2. The quantitative estimate of drug-likeness (QED) is 0.539. The number of nitrogens with zero attached hydrogens (tertiary/aromatic N) is 1. The van der Waals surface area contributed by atoms with Crippen LogP contribution < -0.4 is 10.2 Å². The lowest BCUT2D eigenvalue weighted by Crippen LogP contribution is -2.45. The van der Waals surface area contributed by atoms with E-state index in [2.05, 4.69) is 5.43 Å². The molecule has 0 atom stereocenters. The molecule has 2 aromatic rings. The van der Waals surface area contributed by atoms with Crippen molar-refractivity contribution in [1.82, 2.24) is 10.4 Å². The molecule has 0 aromatic heterocycles. The minimum absolute atomic E-state index is 0.210. The first-order valence-corrected chi connectivity index (χ1v) is 9.67. The second-order valence-corrected chi connectivity index (χ2v) is 7.70. The zero-order valence-electron chi connectivity index (χ0n) is 15.2. The fraction of sp³-hybridized carbons (Fsp3) is 0.100. The van der Waals surface area contributed by atoms with Crippen molar-refractivity contribution in [3.8, 4) is 5.75 Å². The molecule has 0 unspecified atom stereocenters. The lowest BCUT2D eigenvalue weighted by Gasteiger charge is -2.16. The summed E-state index contributed by atoms with van der Waals surface area (Å²) in [5.41, 5.74) is 4.42. The van der Waals surface area contributed by atoms with E-state index in [4.69, 9.17) is 22.1 Å². The van der Waals surface area contributed by atoms with Crippen molar-refractivity contribution in [3.05, 3.63) is 70.1 Å². The minimum atomic E-state index is -1.08. The molecule has 148 valence electrons. The van der Waals surface area contributed by atoms with Gasteiger partial charge in [0.2, 0.25) is 0 Å². The van der Waals surface area contributed by atoms with Crippen LogP contribution in [0, 0.1) is 6.92 Å². The summed E-state index contributed by atoms with van der Waals surface area (Å²) in [6.07, 6.45) is 1.60. The molecule has 3 rings (SSSR count). The van der Waals surface area contributed by atoms with Crippen molar-refractivity contribution in [3.63, 3.8) is 0 Å². The van der Waals surface area contributed by atoms with Crippen molar-refractivity contribution in [1.29, 1.82) is 0 Å². The highest BCUT2D eigenvalue weighted by Crippen LogP contribution is 2.32. The number of aryl methyl sites for hydroxylation is 1. The number of thioether (sulfide) groups is 1. The van der Waals surface area contributed by atoms with E-state index in [1.807, 2.05) is 6.07 Å². The van der Waals surface area contributed by atoms with Crippen molar-refractivity contribution in [2.24, 2.45) is 0 Å². The maximum Gasteiger partial charge on any atom is 0.341 e. The second kappa shape index (κ2) is 8.89. The smallest absolute Gasteiger partial charge is 0.341 e. The number of thiocarbonyl (C=S) groups is 1. The molecular formula is C20H16N2O5S2. The number of hydrogen-bond donors (Lipinski definition) is 2. The summed E-state index contributed by atoms with van der Waals surface area (Å²) in [4.78, 5) is 36.1. The molecule has 7 nitrogen and oxygen atoms in total. The predicted molar refractivity (Wildman–Crippen MR) is 113 cm³/mol. The molecule has 9 heteroatoms. The summed E-state index contributed by atoms with van der Waals surface area (Å²) in [5, 5.41) is 9.75. The van der Waals surface area contributed by atoms with Gasteiger partial charge in [-0.05, 0) is 54.5 Å². The van der Waals surface area contributed by atoms with Gasteiger partial charge in [0.15, 0.2) is 10.9 Å². The van der Waals surface area contributed by atoms with E-state index < -0.39 is 24.4 Å². The maximum atomic E-state index is 12.7. The Bertz CT molecular complexity index is 1040. The lowest BCUT2D eigenvalue weighted by atomic mass is 10.1. The summed E-state index contributed by atoms with van der Waals surface area (Å²) in [7, 11) is 0. The van der Waals surface area contributed by atoms with Crippen LogP contribution in [0.25, 0.3) is 6.08 Å². The first-order valence-electron chi connectivity index (χ1n) is 8.44. The Labute approximate surface area is 176 Å². The molecule has 0 saturated carbocycles. The van der Waals surface area contributed by atoms with Crippen LogP contribution in [-0.4, -0.2) is 38.8 Å². The molecule has 2 aromatic carbocycles. The molecule has 0 bridgehead atoms. The molecule has 1 heterocycles. The number of carbonyl (C=O) groups is 3. The van der Waals surface area contributed by atoms with Gasteiger partial charge in [-0.3, -0.25) is 15.0 Å². The normalized spacial score (nSPS) is 14.9. The monoisotopic (exact) mass is 428 g/mol. The van der Waals surface area contributed by atoms with Crippen LogP contribution in [0.15, 0.2) is 53.4 Å². The molecule has 1 aliphatic rings. The van der Waals surface area contributed by atoms with E-state index in [1.165, 1.54) is 0 Å². The Hall–Kier alpha value is -3.17. The molecule has 2 amide bonds. The molecule has 0 radical (unpaired) electrons. The third-order valence-corrected chi connectivity index (χ3v) is 5.22. The van der Waals surface area contributed by atoms with Gasteiger partial charge >= 0.3 is 5.97 Å². The fourth-order valence-electron chi connectivity index (χ4n) is 2.54. The number of hydrogen-bond acceptors (Lipinski definition) is 6. The largest absolute Gasteiger partial charge is 0.482 e. The Balaban J connectivity index is 1.75. The van der Waals surface area contributed by atoms with E-state index in [1.54, 1.807) is 55.5 Å². The molecule has 0 aliphatic carbocycles. The zero-order chi connectivity index (χ0) is 21.0. The number of amides is 2. The van der Waals surface area contributed by atoms with Crippen molar-refractivity contribution in [2.45, 2.75) is 6.92 Å². The van der Waals surface area contributed by atoms with Gasteiger partial charge < -0.3 is 9.84 Å². The van der Waals surface area contributed by atoms with Crippen LogP contribution in [0.2, 0.25) is 0 Å². The summed E-state index contributed by atoms with van der Waals surface area (Å²) >= 11 is 6.29. The van der Waals surface area contributed by atoms with E-state index >= 15 is 0 Å². The molecule has 29 heavy (non-hydrogen) atoms. The number of ether oxygens (including phenoxy) is 1. The Morgan fingerprint density at radius 2 is 2.00 bits per heavy atom. The van der Waals surface area contributed by atoms with Gasteiger partial charge in [0.05, 0.1) is 4.91 Å². The van der Waals surface area contributed by atoms with Crippen LogP contribution in [0.4, 0.5) is 0 Å². The van der Waals surface area contributed by atoms with Gasteiger partial charge in [-0.25, -0.2) is 4.79 Å². The SMILES string of the molecule is Cc1ccccc1C(=O)NN1C(=O)/C(=C\c2cccc(OCC(=O)O)c2)SC1=S. The number of aliphatic carboxylic acids is 1. The van der Waals surface area contributed by atoms with Crippen LogP contribution in [0.1, 0.15) is 21.5 Å². The molecule has 1 fully saturated rings. The summed E-state index contributed by atoms with van der Waals surface area (Å²) in [6, 6.07) is 13.7. The molecule has 1 aliphatic heterocycles. The number of rotatable bonds is 6. The summed E-state index contributed by atoms with van der Waals surface area (Å²) in [6.45, 7) is 1.34. The number of benzene rings is 2. The average Bonchev–Trinajstić information content (AvgIpc) is 2.94. The first kappa shape index (κ1) is 20.6. The topological polar surface area (TPSA) is 95.9 Å². The number of carboxylic acid groups (broad SMARTS) is 1. The number of nitrogens with one attached hydrogen (secondary N) is 1. The van der Waals surface area contributed by atoms with Crippen molar-refractivity contribution >= 4 is 52.2 Å². The number of hydrazine groups is 1. The van der Waals surface area contributed by atoms with E-state index in [0.29, 0.717) is 21.8 Å². The van der Waals surface area contributed by atoms with Crippen LogP contribution >= 0.6 is 24.0 Å². The van der Waals surface area contributed by atoms with E-state index in [9.17, 15) is 14.4 Å². The first-order chi connectivity index (χ1) is 13.8. The molecule has 1 saturated heterocycles. The predicted octanol–water partition coefficient (Wildman–Crippen LogP) is 3.00.